The molecule has 0 fully saturated rings. The molecule has 128 valence electrons. The number of carbonyl (C=O) groups is 1. The van der Waals surface area contributed by atoms with Gasteiger partial charge in [-0.25, -0.2) is 14.8 Å². The topological polar surface area (TPSA) is 96.6 Å². The SMILES string of the molecule is COc1ccc(OCC(=O)OCc2nc(N)c3ccccc3n2)cc1. The van der Waals surface area contributed by atoms with Gasteiger partial charge >= 0.3 is 5.97 Å². The summed E-state index contributed by atoms with van der Waals surface area (Å²) >= 11 is 0. The van der Waals surface area contributed by atoms with Crippen LogP contribution in [0.3, 0.4) is 0 Å². The molecule has 1 aromatic heterocycles. The van der Waals surface area contributed by atoms with Crippen molar-refractivity contribution in [2.75, 3.05) is 19.5 Å². The molecule has 25 heavy (non-hydrogen) atoms. The largest absolute Gasteiger partial charge is 0.497 e. The third kappa shape index (κ3) is 4.14. The second-order valence-corrected chi connectivity index (χ2v) is 5.17. The normalized spacial score (nSPS) is 10.4. The lowest BCUT2D eigenvalue weighted by atomic mass is 10.2. The first-order valence-corrected chi connectivity index (χ1v) is 7.59. The van der Waals surface area contributed by atoms with Crippen molar-refractivity contribution in [2.45, 2.75) is 6.61 Å². The highest BCUT2D eigenvalue weighted by atomic mass is 16.6. The van der Waals surface area contributed by atoms with Gasteiger partial charge in [0.15, 0.2) is 19.0 Å². The number of aromatic nitrogens is 2. The third-order valence-corrected chi connectivity index (χ3v) is 3.46. The number of ether oxygens (including phenoxy) is 3. The van der Waals surface area contributed by atoms with Gasteiger partial charge < -0.3 is 19.9 Å². The number of hydrogen-bond donors (Lipinski definition) is 1. The first kappa shape index (κ1) is 16.5. The van der Waals surface area contributed by atoms with E-state index in [4.69, 9.17) is 19.9 Å². The fourth-order valence-corrected chi connectivity index (χ4v) is 2.22. The average Bonchev–Trinajstić information content (AvgIpc) is 2.65. The summed E-state index contributed by atoms with van der Waals surface area (Å²) in [7, 11) is 1.58. The molecular weight excluding hydrogens is 322 g/mol. The van der Waals surface area contributed by atoms with E-state index in [0.717, 1.165) is 5.39 Å². The van der Waals surface area contributed by atoms with Crippen LogP contribution in [0.15, 0.2) is 48.5 Å². The third-order valence-electron chi connectivity index (χ3n) is 3.46. The molecule has 3 rings (SSSR count). The molecule has 2 N–H and O–H groups in total. The number of para-hydroxylation sites is 1. The minimum atomic E-state index is -0.522. The lowest BCUT2D eigenvalue weighted by Crippen LogP contribution is -2.15. The van der Waals surface area contributed by atoms with E-state index < -0.39 is 5.97 Å². The Hall–Kier alpha value is -3.35. The summed E-state index contributed by atoms with van der Waals surface area (Å²) in [6.07, 6.45) is 0. The van der Waals surface area contributed by atoms with Crippen LogP contribution in [-0.4, -0.2) is 29.7 Å². The standard InChI is InChI=1S/C18H17N3O4/c1-23-12-6-8-13(9-7-12)24-11-17(22)25-10-16-20-15-5-3-2-4-14(15)18(19)21-16/h2-9H,10-11H2,1H3,(H2,19,20,21). The van der Waals surface area contributed by atoms with Crippen LogP contribution in [-0.2, 0) is 16.1 Å². The van der Waals surface area contributed by atoms with Crippen LogP contribution >= 0.6 is 0 Å². The summed E-state index contributed by atoms with van der Waals surface area (Å²) in [4.78, 5) is 20.3. The van der Waals surface area contributed by atoms with E-state index in [1.54, 1.807) is 31.4 Å². The van der Waals surface area contributed by atoms with Crippen molar-refractivity contribution in [2.24, 2.45) is 0 Å². The van der Waals surface area contributed by atoms with Crippen molar-refractivity contribution in [3.8, 4) is 11.5 Å². The highest BCUT2D eigenvalue weighted by molar-refractivity contribution is 5.87. The summed E-state index contributed by atoms with van der Waals surface area (Å²) in [5, 5.41) is 0.764. The van der Waals surface area contributed by atoms with Crippen LogP contribution in [0.4, 0.5) is 5.82 Å². The van der Waals surface area contributed by atoms with E-state index in [-0.39, 0.29) is 13.2 Å². The maximum atomic E-state index is 11.8. The second-order valence-electron chi connectivity index (χ2n) is 5.17. The number of anilines is 1. The van der Waals surface area contributed by atoms with Gasteiger partial charge in [0.1, 0.15) is 17.3 Å². The van der Waals surface area contributed by atoms with Gasteiger partial charge in [-0.15, -0.1) is 0 Å². The average molecular weight is 339 g/mol. The molecule has 0 aliphatic heterocycles. The van der Waals surface area contributed by atoms with Crippen molar-refractivity contribution in [1.82, 2.24) is 9.97 Å². The smallest absolute Gasteiger partial charge is 0.344 e. The van der Waals surface area contributed by atoms with E-state index in [1.165, 1.54) is 0 Å². The zero-order valence-electron chi connectivity index (χ0n) is 13.6. The Bertz CT molecular complexity index is 881. The molecule has 0 aliphatic carbocycles. The predicted octanol–water partition coefficient (Wildman–Crippen LogP) is 2.34. The fraction of sp³-hybridized carbons (Fsp3) is 0.167. The molecule has 0 saturated heterocycles. The Labute approximate surface area is 144 Å². The zero-order valence-corrected chi connectivity index (χ0v) is 13.6. The van der Waals surface area contributed by atoms with E-state index in [0.29, 0.717) is 28.7 Å². The van der Waals surface area contributed by atoms with E-state index in [2.05, 4.69) is 9.97 Å². The molecule has 7 nitrogen and oxygen atoms in total. The van der Waals surface area contributed by atoms with Gasteiger partial charge in [0.25, 0.3) is 0 Å². The Morgan fingerprint density at radius 1 is 1.04 bits per heavy atom. The Morgan fingerprint density at radius 2 is 1.76 bits per heavy atom. The maximum Gasteiger partial charge on any atom is 0.344 e. The van der Waals surface area contributed by atoms with Crippen molar-refractivity contribution in [3.63, 3.8) is 0 Å². The summed E-state index contributed by atoms with van der Waals surface area (Å²) < 4.78 is 15.5. The molecule has 0 saturated carbocycles. The van der Waals surface area contributed by atoms with Crippen LogP contribution in [0.1, 0.15) is 5.82 Å². The van der Waals surface area contributed by atoms with Crippen LogP contribution in [0, 0.1) is 0 Å². The molecule has 0 spiro atoms. The quantitative estimate of drug-likeness (QED) is 0.688. The fourth-order valence-electron chi connectivity index (χ4n) is 2.22. The molecule has 7 heteroatoms. The first-order chi connectivity index (χ1) is 12.2. The number of hydrogen-bond acceptors (Lipinski definition) is 7. The van der Waals surface area contributed by atoms with Gasteiger partial charge in [-0.05, 0) is 36.4 Å². The van der Waals surface area contributed by atoms with E-state index in [1.807, 2.05) is 24.3 Å². The van der Waals surface area contributed by atoms with Gasteiger partial charge in [0.05, 0.1) is 12.6 Å². The van der Waals surface area contributed by atoms with E-state index >= 15 is 0 Å². The summed E-state index contributed by atoms with van der Waals surface area (Å²) in [6.45, 7) is -0.283. The number of benzene rings is 2. The predicted molar refractivity (Wildman–Crippen MR) is 92.2 cm³/mol. The molecule has 2 aromatic carbocycles. The Kier molecular flexibility index (Phi) is 4.94. The Balaban J connectivity index is 1.55. The van der Waals surface area contributed by atoms with Crippen LogP contribution in [0.5, 0.6) is 11.5 Å². The molecular formula is C18H17N3O4. The zero-order chi connectivity index (χ0) is 17.6. The molecule has 1 heterocycles. The number of nitrogens with two attached hydrogens (primary N) is 1. The molecule has 0 bridgehead atoms. The minimum absolute atomic E-state index is 0.0696. The maximum absolute atomic E-state index is 11.8. The van der Waals surface area contributed by atoms with Gasteiger partial charge in [-0.2, -0.15) is 0 Å². The lowest BCUT2D eigenvalue weighted by Gasteiger charge is -2.08. The summed E-state index contributed by atoms with van der Waals surface area (Å²) in [6, 6.07) is 14.3. The molecule has 0 radical (unpaired) electrons. The van der Waals surface area contributed by atoms with Gasteiger partial charge in [-0.1, -0.05) is 12.1 Å². The summed E-state index contributed by atoms with van der Waals surface area (Å²) in [5.74, 6) is 1.43. The van der Waals surface area contributed by atoms with Crippen LogP contribution < -0.4 is 15.2 Å². The number of nitrogen functional groups attached to an aromatic ring is 1. The minimum Gasteiger partial charge on any atom is -0.497 e. The number of nitrogens with zero attached hydrogens (tertiary/aromatic N) is 2. The van der Waals surface area contributed by atoms with Crippen LogP contribution in [0.2, 0.25) is 0 Å². The van der Waals surface area contributed by atoms with Crippen LogP contribution in [0.25, 0.3) is 10.9 Å². The number of esters is 1. The van der Waals surface area contributed by atoms with Crippen molar-refractivity contribution in [3.05, 3.63) is 54.4 Å². The number of fused-ring (bicyclic) bond motifs is 1. The number of rotatable bonds is 6. The number of carbonyl (C=O) groups excluding carboxylic acids is 1. The molecule has 3 aromatic rings. The number of methoxy groups -OCH3 is 1. The van der Waals surface area contributed by atoms with Crippen molar-refractivity contribution in [1.29, 1.82) is 0 Å². The van der Waals surface area contributed by atoms with E-state index in [9.17, 15) is 4.79 Å². The van der Waals surface area contributed by atoms with Gasteiger partial charge in [0.2, 0.25) is 0 Å². The monoisotopic (exact) mass is 339 g/mol. The molecule has 0 unspecified atom stereocenters. The first-order valence-electron chi connectivity index (χ1n) is 7.59. The highest BCUT2D eigenvalue weighted by Gasteiger charge is 2.09. The van der Waals surface area contributed by atoms with Gasteiger partial charge in [0, 0.05) is 5.39 Å². The molecule has 0 aliphatic rings. The highest BCUT2D eigenvalue weighted by Crippen LogP contribution is 2.18. The van der Waals surface area contributed by atoms with Crippen molar-refractivity contribution >= 4 is 22.7 Å². The second kappa shape index (κ2) is 7.48. The molecule has 0 atom stereocenters. The lowest BCUT2D eigenvalue weighted by molar-refractivity contribution is -0.147. The summed E-state index contributed by atoms with van der Waals surface area (Å²) in [5.41, 5.74) is 6.60. The molecule has 0 amide bonds. The van der Waals surface area contributed by atoms with Gasteiger partial charge in [-0.3, -0.25) is 0 Å². The van der Waals surface area contributed by atoms with Crippen molar-refractivity contribution < 1.29 is 19.0 Å². The Morgan fingerprint density at radius 3 is 2.52 bits per heavy atom.